The SMILES string of the molecule is CCS(=O)(=O)N1CCN(c2ccc(Nc3ncc(F)c(N[C@H]4[C@@H](C(N)=O)[C@@H]5C=C[C@H]4C5)n3)cc2C)CC1.Cl.Cl. The van der Waals surface area contributed by atoms with Gasteiger partial charge in [0.2, 0.25) is 21.9 Å². The van der Waals surface area contributed by atoms with Gasteiger partial charge in [-0.25, -0.2) is 17.8 Å². The summed E-state index contributed by atoms with van der Waals surface area (Å²) in [4.78, 5) is 22.6. The number of carbonyl (C=O) groups is 1. The number of hydrogen-bond acceptors (Lipinski definition) is 8. The van der Waals surface area contributed by atoms with Gasteiger partial charge in [-0.05, 0) is 55.9 Å². The van der Waals surface area contributed by atoms with Crippen LogP contribution in [0.25, 0.3) is 0 Å². The monoisotopic (exact) mass is 601 g/mol. The number of rotatable bonds is 8. The molecule has 10 nitrogen and oxygen atoms in total. The molecule has 2 aliphatic carbocycles. The maximum Gasteiger partial charge on any atom is 0.229 e. The van der Waals surface area contributed by atoms with Gasteiger partial charge in [0.15, 0.2) is 11.6 Å². The average Bonchev–Trinajstić information content (AvgIpc) is 3.48. The number of amides is 1. The van der Waals surface area contributed by atoms with Gasteiger partial charge in [0, 0.05) is 43.6 Å². The molecule has 1 aliphatic heterocycles. The van der Waals surface area contributed by atoms with Crippen molar-refractivity contribution in [3.8, 4) is 0 Å². The van der Waals surface area contributed by atoms with Gasteiger partial charge in [-0.3, -0.25) is 4.79 Å². The zero-order chi connectivity index (χ0) is 26.3. The van der Waals surface area contributed by atoms with E-state index in [1.165, 1.54) is 0 Å². The lowest BCUT2D eigenvalue weighted by molar-refractivity contribution is -0.122. The van der Waals surface area contributed by atoms with Crippen LogP contribution in [0.4, 0.5) is 27.5 Å². The number of sulfonamides is 1. The number of halogens is 3. The maximum absolute atomic E-state index is 14.6. The van der Waals surface area contributed by atoms with Crippen molar-refractivity contribution < 1.29 is 17.6 Å². The number of anilines is 4. The molecule has 14 heteroatoms. The van der Waals surface area contributed by atoms with Crippen molar-refractivity contribution in [2.24, 2.45) is 23.5 Å². The fourth-order valence-electron chi connectivity index (χ4n) is 5.70. The second-order valence-electron chi connectivity index (χ2n) is 9.85. The molecule has 2 bridgehead atoms. The van der Waals surface area contributed by atoms with Crippen LogP contribution in [0.3, 0.4) is 0 Å². The molecule has 2 aromatic rings. The number of carbonyl (C=O) groups excluding carboxylic acids is 1. The molecule has 2 heterocycles. The van der Waals surface area contributed by atoms with Crippen LogP contribution >= 0.6 is 24.8 Å². The first-order chi connectivity index (χ1) is 17.7. The Kier molecular flexibility index (Phi) is 9.69. The van der Waals surface area contributed by atoms with E-state index in [0.717, 1.165) is 29.6 Å². The van der Waals surface area contributed by atoms with Gasteiger partial charge in [0.05, 0.1) is 17.9 Å². The van der Waals surface area contributed by atoms with Crippen molar-refractivity contribution in [2.75, 3.05) is 47.5 Å². The smallest absolute Gasteiger partial charge is 0.229 e. The highest BCUT2D eigenvalue weighted by atomic mass is 35.5. The molecular weight excluding hydrogens is 568 g/mol. The molecular formula is C25H34Cl2FN7O3S. The number of primary amides is 1. The third-order valence-corrected chi connectivity index (χ3v) is 9.51. The number of fused-ring (bicyclic) bond motifs is 2. The summed E-state index contributed by atoms with van der Waals surface area (Å²) in [5.74, 6) is -0.857. The molecule has 39 heavy (non-hydrogen) atoms. The Morgan fingerprint density at radius 3 is 2.49 bits per heavy atom. The number of hydrogen-bond donors (Lipinski definition) is 3. The van der Waals surface area contributed by atoms with E-state index < -0.39 is 27.7 Å². The second kappa shape index (κ2) is 12.2. The van der Waals surface area contributed by atoms with Crippen molar-refractivity contribution in [1.82, 2.24) is 14.3 Å². The van der Waals surface area contributed by atoms with E-state index in [9.17, 15) is 17.6 Å². The molecule has 2 fully saturated rings. The van der Waals surface area contributed by atoms with E-state index in [-0.39, 0.29) is 60.2 Å². The van der Waals surface area contributed by atoms with Gasteiger partial charge in [0.25, 0.3) is 0 Å². The van der Waals surface area contributed by atoms with Crippen molar-refractivity contribution in [1.29, 1.82) is 0 Å². The first-order valence-corrected chi connectivity index (χ1v) is 14.1. The molecule has 1 saturated heterocycles. The number of aromatic nitrogens is 2. The third kappa shape index (κ3) is 6.24. The van der Waals surface area contributed by atoms with Crippen LogP contribution in [-0.2, 0) is 14.8 Å². The van der Waals surface area contributed by atoms with Crippen LogP contribution in [0.15, 0.2) is 36.5 Å². The van der Waals surface area contributed by atoms with Crippen LogP contribution in [0.5, 0.6) is 0 Å². The summed E-state index contributed by atoms with van der Waals surface area (Å²) in [7, 11) is -3.18. The fraction of sp³-hybridized carbons (Fsp3) is 0.480. The molecule has 0 spiro atoms. The standard InChI is InChI=1S/C25H32FN7O3S.2ClH/c1-3-37(35,36)33-10-8-32(9-11-33)20-7-6-18(12-15(20)2)29-25-28-14-19(26)24(31-25)30-22-17-5-4-16(13-17)21(22)23(27)34;;/h4-7,12,14,16-17,21-22H,3,8-11,13H2,1-2H3,(H2,27,34)(H2,28,29,30,31);2*1H/t16-,17+,21+,22-;;/m1../s1. The number of allylic oxidation sites excluding steroid dienone is 1. The van der Waals surface area contributed by atoms with E-state index in [4.69, 9.17) is 5.73 Å². The first-order valence-electron chi connectivity index (χ1n) is 12.5. The number of benzene rings is 1. The average molecular weight is 603 g/mol. The van der Waals surface area contributed by atoms with Crippen molar-refractivity contribution >= 4 is 63.9 Å². The van der Waals surface area contributed by atoms with Crippen LogP contribution in [0, 0.1) is 30.5 Å². The van der Waals surface area contributed by atoms with Gasteiger partial charge in [-0.2, -0.15) is 9.29 Å². The third-order valence-electron chi connectivity index (χ3n) is 7.63. The molecule has 1 saturated carbocycles. The van der Waals surface area contributed by atoms with Crippen LogP contribution in [-0.4, -0.2) is 66.6 Å². The number of nitrogens with two attached hydrogens (primary N) is 1. The molecule has 4 atom stereocenters. The predicted octanol–water partition coefficient (Wildman–Crippen LogP) is 3.07. The molecule has 4 N–H and O–H groups in total. The second-order valence-corrected chi connectivity index (χ2v) is 12.1. The summed E-state index contributed by atoms with van der Waals surface area (Å²) >= 11 is 0. The number of aryl methyl sites for hydroxylation is 1. The summed E-state index contributed by atoms with van der Waals surface area (Å²) in [6.45, 7) is 5.81. The zero-order valence-electron chi connectivity index (χ0n) is 21.7. The summed E-state index contributed by atoms with van der Waals surface area (Å²) in [6, 6.07) is 5.51. The number of nitrogens with zero attached hydrogens (tertiary/aromatic N) is 4. The number of piperazine rings is 1. The minimum absolute atomic E-state index is 0. The molecule has 1 aromatic heterocycles. The first kappa shape index (κ1) is 30.9. The highest BCUT2D eigenvalue weighted by Gasteiger charge is 2.47. The highest BCUT2D eigenvalue weighted by molar-refractivity contribution is 7.89. The molecule has 214 valence electrons. The Labute approximate surface area is 240 Å². The van der Waals surface area contributed by atoms with E-state index in [0.29, 0.717) is 26.2 Å². The normalized spacial score (nSPS) is 24.1. The summed E-state index contributed by atoms with van der Waals surface area (Å²) in [5.41, 5.74) is 8.41. The quantitative estimate of drug-likeness (QED) is 0.393. The van der Waals surface area contributed by atoms with E-state index in [1.807, 2.05) is 37.3 Å². The van der Waals surface area contributed by atoms with E-state index in [1.54, 1.807) is 11.2 Å². The van der Waals surface area contributed by atoms with Gasteiger partial charge < -0.3 is 21.3 Å². The van der Waals surface area contributed by atoms with Gasteiger partial charge in [-0.15, -0.1) is 24.8 Å². The Balaban J connectivity index is 0.00000210. The van der Waals surface area contributed by atoms with Crippen LogP contribution < -0.4 is 21.3 Å². The minimum Gasteiger partial charge on any atom is -0.369 e. The largest absolute Gasteiger partial charge is 0.369 e. The van der Waals surface area contributed by atoms with E-state index in [2.05, 4.69) is 25.5 Å². The molecule has 3 aliphatic rings. The lowest BCUT2D eigenvalue weighted by atomic mass is 9.88. The van der Waals surface area contributed by atoms with Crippen molar-refractivity contribution in [3.05, 3.63) is 47.9 Å². The predicted molar refractivity (Wildman–Crippen MR) is 155 cm³/mol. The van der Waals surface area contributed by atoms with Gasteiger partial charge in [0.1, 0.15) is 0 Å². The summed E-state index contributed by atoms with van der Waals surface area (Å²) < 4.78 is 40.4. The molecule has 0 radical (unpaired) electrons. The van der Waals surface area contributed by atoms with Crippen molar-refractivity contribution in [2.45, 2.75) is 26.3 Å². The lowest BCUT2D eigenvalue weighted by Crippen LogP contribution is -2.49. The Hall–Kier alpha value is -2.67. The van der Waals surface area contributed by atoms with Crippen molar-refractivity contribution in [3.63, 3.8) is 0 Å². The summed E-state index contributed by atoms with van der Waals surface area (Å²) in [6.07, 6.45) is 5.98. The van der Waals surface area contributed by atoms with Crippen LogP contribution in [0.1, 0.15) is 18.9 Å². The highest BCUT2D eigenvalue weighted by Crippen LogP contribution is 2.45. The molecule has 5 rings (SSSR count). The fourth-order valence-corrected chi connectivity index (χ4v) is 6.78. The Morgan fingerprint density at radius 2 is 1.85 bits per heavy atom. The van der Waals surface area contributed by atoms with Gasteiger partial charge >= 0.3 is 0 Å². The van der Waals surface area contributed by atoms with Crippen LogP contribution in [0.2, 0.25) is 0 Å². The summed E-state index contributed by atoms with van der Waals surface area (Å²) in [5, 5.41) is 6.24. The zero-order valence-corrected chi connectivity index (χ0v) is 24.2. The van der Waals surface area contributed by atoms with Gasteiger partial charge in [-0.1, -0.05) is 12.2 Å². The topological polar surface area (TPSA) is 134 Å². The molecule has 1 aromatic carbocycles. The maximum atomic E-state index is 14.6. The minimum atomic E-state index is -3.18. The molecule has 0 unspecified atom stereocenters. The molecule has 1 amide bonds. The number of nitrogens with one attached hydrogen (secondary N) is 2. The van der Waals surface area contributed by atoms with E-state index >= 15 is 0 Å². The Morgan fingerprint density at radius 1 is 1.15 bits per heavy atom. The Bertz CT molecular complexity index is 1340. The lowest BCUT2D eigenvalue weighted by Gasteiger charge is -2.36.